The van der Waals surface area contributed by atoms with Gasteiger partial charge >= 0.3 is 5.97 Å². The fourth-order valence-corrected chi connectivity index (χ4v) is 3.37. The second kappa shape index (κ2) is 8.18. The summed E-state index contributed by atoms with van der Waals surface area (Å²) in [7, 11) is 0. The van der Waals surface area contributed by atoms with Crippen LogP contribution in [-0.4, -0.2) is 35.6 Å². The number of hydrogen-bond acceptors (Lipinski definition) is 2. The van der Waals surface area contributed by atoms with Crippen LogP contribution in [0.3, 0.4) is 0 Å². The number of hydrogen-bond donors (Lipinski definition) is 1. The molecule has 1 saturated heterocycles. The van der Waals surface area contributed by atoms with Crippen molar-refractivity contribution in [2.24, 2.45) is 5.92 Å². The molecule has 2 rings (SSSR count). The van der Waals surface area contributed by atoms with Crippen molar-refractivity contribution in [1.82, 2.24) is 4.90 Å². The van der Waals surface area contributed by atoms with Gasteiger partial charge < -0.3 is 10.0 Å². The number of carboxylic acid groups (broad SMARTS) is 1. The Morgan fingerprint density at radius 3 is 2.71 bits per heavy atom. The minimum Gasteiger partial charge on any atom is -0.481 e. The van der Waals surface area contributed by atoms with E-state index in [0.29, 0.717) is 6.54 Å². The zero-order valence-corrected chi connectivity index (χ0v) is 13.0. The summed E-state index contributed by atoms with van der Waals surface area (Å²) in [5, 5.41) is 9.54. The van der Waals surface area contributed by atoms with Crippen LogP contribution in [0, 0.1) is 5.92 Å². The fourth-order valence-electron chi connectivity index (χ4n) is 3.37. The first-order valence-electron chi connectivity index (χ1n) is 8.20. The first-order chi connectivity index (χ1) is 10.2. The van der Waals surface area contributed by atoms with E-state index in [4.69, 9.17) is 0 Å². The van der Waals surface area contributed by atoms with Crippen molar-refractivity contribution in [2.75, 3.05) is 19.6 Å². The van der Waals surface area contributed by atoms with Gasteiger partial charge in [-0.2, -0.15) is 0 Å². The number of benzene rings is 1. The van der Waals surface area contributed by atoms with Crippen LogP contribution in [-0.2, 0) is 4.79 Å². The van der Waals surface area contributed by atoms with Crippen molar-refractivity contribution in [3.63, 3.8) is 0 Å². The fraction of sp³-hybridized carbons (Fsp3) is 0.611. The molecule has 1 fully saturated rings. The Hall–Kier alpha value is -1.35. The van der Waals surface area contributed by atoms with E-state index in [1.54, 1.807) is 0 Å². The Labute approximate surface area is 128 Å². The molecule has 1 N–H and O–H groups in total. The Bertz CT molecular complexity index is 432. The van der Waals surface area contributed by atoms with E-state index in [9.17, 15) is 9.90 Å². The summed E-state index contributed by atoms with van der Waals surface area (Å²) in [6.07, 6.45) is 6.29. The summed E-state index contributed by atoms with van der Waals surface area (Å²) >= 11 is 0. The molecule has 1 heterocycles. The lowest BCUT2D eigenvalue weighted by atomic mass is 9.96. The van der Waals surface area contributed by atoms with Crippen LogP contribution in [0.5, 0.6) is 0 Å². The lowest BCUT2D eigenvalue weighted by Crippen LogP contribution is -2.33. The third-order valence-corrected chi connectivity index (χ3v) is 4.58. The minimum atomic E-state index is -0.712. The highest BCUT2D eigenvalue weighted by Crippen LogP contribution is 2.24. The van der Waals surface area contributed by atoms with Gasteiger partial charge in [-0.15, -0.1) is 0 Å². The Morgan fingerprint density at radius 1 is 1.29 bits per heavy atom. The molecule has 0 spiro atoms. The molecule has 116 valence electrons. The van der Waals surface area contributed by atoms with Gasteiger partial charge in [-0.1, -0.05) is 50.1 Å². The molecule has 0 amide bonds. The van der Waals surface area contributed by atoms with Gasteiger partial charge in [-0.25, -0.2) is 0 Å². The molecule has 1 aliphatic rings. The first kappa shape index (κ1) is 16.0. The van der Waals surface area contributed by atoms with Crippen LogP contribution in [0.1, 0.15) is 50.5 Å². The normalized spacial score (nSPS) is 21.7. The molecular formula is C18H27NO2. The van der Waals surface area contributed by atoms with Crippen molar-refractivity contribution < 1.29 is 9.90 Å². The average molecular weight is 289 g/mol. The van der Waals surface area contributed by atoms with Gasteiger partial charge in [-0.3, -0.25) is 4.79 Å². The lowest BCUT2D eigenvalue weighted by Gasteiger charge is -2.24. The summed E-state index contributed by atoms with van der Waals surface area (Å²) < 4.78 is 0. The van der Waals surface area contributed by atoms with E-state index < -0.39 is 11.9 Å². The van der Waals surface area contributed by atoms with Gasteiger partial charge in [0.05, 0.1) is 5.92 Å². The molecule has 0 bridgehead atoms. The number of carbonyl (C=O) groups is 1. The molecule has 2 atom stereocenters. The van der Waals surface area contributed by atoms with Crippen molar-refractivity contribution in [2.45, 2.75) is 44.9 Å². The van der Waals surface area contributed by atoms with Crippen molar-refractivity contribution in [3.8, 4) is 0 Å². The predicted octanol–water partition coefficient (Wildman–Crippen LogP) is 3.76. The summed E-state index contributed by atoms with van der Waals surface area (Å²) in [4.78, 5) is 13.9. The predicted molar refractivity (Wildman–Crippen MR) is 85.5 cm³/mol. The first-order valence-corrected chi connectivity index (χ1v) is 8.20. The minimum absolute atomic E-state index is 0.408. The van der Waals surface area contributed by atoms with E-state index in [1.807, 2.05) is 30.3 Å². The van der Waals surface area contributed by atoms with Crippen LogP contribution in [0.2, 0.25) is 0 Å². The molecule has 21 heavy (non-hydrogen) atoms. The Kier molecular flexibility index (Phi) is 6.24. The van der Waals surface area contributed by atoms with Crippen LogP contribution < -0.4 is 0 Å². The number of nitrogens with zero attached hydrogens (tertiary/aromatic N) is 1. The Balaban J connectivity index is 1.96. The smallest absolute Gasteiger partial charge is 0.312 e. The largest absolute Gasteiger partial charge is 0.481 e. The SMILES string of the molecule is CCCC1CCCN(CC(C(=O)O)c2ccccc2)CC1. The third-order valence-electron chi connectivity index (χ3n) is 4.58. The van der Waals surface area contributed by atoms with Crippen molar-refractivity contribution in [1.29, 1.82) is 0 Å². The van der Waals surface area contributed by atoms with Gasteiger partial charge in [0, 0.05) is 6.54 Å². The van der Waals surface area contributed by atoms with E-state index in [-0.39, 0.29) is 0 Å². The zero-order chi connectivity index (χ0) is 15.1. The molecule has 2 unspecified atom stereocenters. The third kappa shape index (κ3) is 4.85. The summed E-state index contributed by atoms with van der Waals surface area (Å²) in [5.41, 5.74) is 0.916. The molecule has 0 aliphatic carbocycles. The Morgan fingerprint density at radius 2 is 2.05 bits per heavy atom. The second-order valence-electron chi connectivity index (χ2n) is 6.19. The van der Waals surface area contributed by atoms with Gasteiger partial charge in [0.25, 0.3) is 0 Å². The highest BCUT2D eigenvalue weighted by Gasteiger charge is 2.24. The van der Waals surface area contributed by atoms with Gasteiger partial charge in [-0.05, 0) is 43.8 Å². The van der Waals surface area contributed by atoms with Crippen molar-refractivity contribution >= 4 is 5.97 Å². The summed E-state index contributed by atoms with van der Waals surface area (Å²) in [5.74, 6) is -0.288. The average Bonchev–Trinajstić information content (AvgIpc) is 2.71. The number of rotatable bonds is 6. The summed E-state index contributed by atoms with van der Waals surface area (Å²) in [6, 6.07) is 9.63. The van der Waals surface area contributed by atoms with Crippen molar-refractivity contribution in [3.05, 3.63) is 35.9 Å². The highest BCUT2D eigenvalue weighted by molar-refractivity contribution is 5.76. The molecule has 3 heteroatoms. The van der Waals surface area contributed by atoms with Gasteiger partial charge in [0.15, 0.2) is 0 Å². The molecule has 0 aromatic heterocycles. The topological polar surface area (TPSA) is 40.5 Å². The van der Waals surface area contributed by atoms with E-state index in [2.05, 4.69) is 11.8 Å². The highest BCUT2D eigenvalue weighted by atomic mass is 16.4. The molecule has 0 saturated carbocycles. The maximum Gasteiger partial charge on any atom is 0.312 e. The monoisotopic (exact) mass is 289 g/mol. The standard InChI is InChI=1S/C18H27NO2/c1-2-7-15-8-6-12-19(13-11-15)14-17(18(20)21)16-9-4-3-5-10-16/h3-5,9-10,15,17H,2,6-8,11-14H2,1H3,(H,20,21). The molecule has 1 aromatic carbocycles. The molecule has 1 aromatic rings. The van der Waals surface area contributed by atoms with E-state index in [0.717, 1.165) is 24.6 Å². The maximum atomic E-state index is 11.6. The number of aliphatic carboxylic acids is 1. The number of carboxylic acids is 1. The molecule has 3 nitrogen and oxygen atoms in total. The van der Waals surface area contributed by atoms with Crippen LogP contribution in [0.15, 0.2) is 30.3 Å². The summed E-state index contributed by atoms with van der Waals surface area (Å²) in [6.45, 7) is 4.97. The van der Waals surface area contributed by atoms with Gasteiger partial charge in [0.1, 0.15) is 0 Å². The quantitative estimate of drug-likeness (QED) is 0.867. The molecule has 0 radical (unpaired) electrons. The maximum absolute atomic E-state index is 11.6. The lowest BCUT2D eigenvalue weighted by molar-refractivity contribution is -0.139. The van der Waals surface area contributed by atoms with E-state index in [1.165, 1.54) is 32.1 Å². The zero-order valence-electron chi connectivity index (χ0n) is 13.0. The van der Waals surface area contributed by atoms with Crippen LogP contribution in [0.4, 0.5) is 0 Å². The van der Waals surface area contributed by atoms with Crippen LogP contribution >= 0.6 is 0 Å². The van der Waals surface area contributed by atoms with Gasteiger partial charge in [0.2, 0.25) is 0 Å². The second-order valence-corrected chi connectivity index (χ2v) is 6.19. The molecule has 1 aliphatic heterocycles. The molecular weight excluding hydrogens is 262 g/mol. The van der Waals surface area contributed by atoms with Crippen LogP contribution in [0.25, 0.3) is 0 Å². The number of likely N-dealkylation sites (tertiary alicyclic amines) is 1. The van der Waals surface area contributed by atoms with E-state index >= 15 is 0 Å².